The van der Waals surface area contributed by atoms with Crippen molar-refractivity contribution in [1.29, 1.82) is 5.41 Å². The lowest BCUT2D eigenvalue weighted by molar-refractivity contribution is -0.0739. The Morgan fingerprint density at radius 1 is 1.00 bits per heavy atom. The summed E-state index contributed by atoms with van der Waals surface area (Å²) in [7, 11) is 0. The first-order chi connectivity index (χ1) is 14.3. The molecule has 4 rings (SSSR count). The zero-order chi connectivity index (χ0) is 21.9. The molecule has 190 valence electrons. The number of hydrogen-bond acceptors (Lipinski definition) is 3. The van der Waals surface area contributed by atoms with Crippen LogP contribution in [-0.4, -0.2) is 12.3 Å². The lowest BCUT2D eigenvalue weighted by Crippen LogP contribution is -2.49. The van der Waals surface area contributed by atoms with Crippen LogP contribution in [-0.2, 0) is 0 Å². The van der Waals surface area contributed by atoms with Crippen LogP contribution < -0.4 is 11.3 Å². The summed E-state index contributed by atoms with van der Waals surface area (Å²) in [6, 6.07) is 0. The average Bonchev–Trinajstić information content (AvgIpc) is 3.05. The maximum Gasteiger partial charge on any atom is 0.0126 e. The van der Waals surface area contributed by atoms with Crippen molar-refractivity contribution in [3.05, 3.63) is 0 Å². The number of hydrazine groups is 1. The van der Waals surface area contributed by atoms with Gasteiger partial charge in [-0.15, -0.1) is 0 Å². The Kier molecular flexibility index (Phi) is 11.9. The molecule has 3 nitrogen and oxygen atoms in total. The summed E-state index contributed by atoms with van der Waals surface area (Å²) in [5.41, 5.74) is 4.23. The Bertz CT molecular complexity index is 557. The second kappa shape index (κ2) is 12.9. The maximum atomic E-state index is 6.50. The average molecular weight is 450 g/mol. The fourth-order valence-electron chi connectivity index (χ4n) is 8.92. The highest BCUT2D eigenvalue weighted by atomic mass is 15.2. The first kappa shape index (κ1) is 29.6. The standard InChI is InChI=1S/C24H44N2.C3H7N.2CH4/c1-4-5-17-6-8-19-18(14-17)7-9-21-20(19)12-13-24(3)22(10-11-23(21)24)16(2)15-26-25;1-3(2)4;;/h16-23,26H,4-15,25H2,1-3H3;4H,1-2H3;2*1H4. The van der Waals surface area contributed by atoms with Crippen molar-refractivity contribution in [2.45, 2.75) is 120 Å². The third-order valence-electron chi connectivity index (χ3n) is 9.96. The molecule has 9 atom stereocenters. The van der Waals surface area contributed by atoms with Gasteiger partial charge in [-0.3, -0.25) is 11.3 Å². The van der Waals surface area contributed by atoms with Crippen LogP contribution in [0.4, 0.5) is 0 Å². The van der Waals surface area contributed by atoms with Gasteiger partial charge in [-0.1, -0.05) is 54.9 Å². The first-order valence-corrected chi connectivity index (χ1v) is 13.3. The zero-order valence-electron chi connectivity index (χ0n) is 20.7. The second-order valence-corrected chi connectivity index (χ2v) is 12.0. The summed E-state index contributed by atoms with van der Waals surface area (Å²) < 4.78 is 0. The number of hydrogen-bond donors (Lipinski definition) is 3. The van der Waals surface area contributed by atoms with Gasteiger partial charge in [0.25, 0.3) is 0 Å². The molecule has 0 aromatic heterocycles. The van der Waals surface area contributed by atoms with Crippen molar-refractivity contribution in [3.8, 4) is 0 Å². The topological polar surface area (TPSA) is 61.9 Å². The van der Waals surface area contributed by atoms with Gasteiger partial charge >= 0.3 is 0 Å². The van der Waals surface area contributed by atoms with Crippen molar-refractivity contribution in [3.63, 3.8) is 0 Å². The molecule has 3 heteroatoms. The van der Waals surface area contributed by atoms with Crippen LogP contribution in [0, 0.1) is 58.2 Å². The predicted molar refractivity (Wildman–Crippen MR) is 143 cm³/mol. The molecule has 0 amide bonds. The number of nitrogens with one attached hydrogen (secondary N) is 2. The minimum absolute atomic E-state index is 0. The molecule has 32 heavy (non-hydrogen) atoms. The highest BCUT2D eigenvalue weighted by Crippen LogP contribution is 2.65. The predicted octanol–water partition coefficient (Wildman–Crippen LogP) is 8.09. The molecule has 0 saturated heterocycles. The van der Waals surface area contributed by atoms with Crippen LogP contribution >= 0.6 is 0 Å². The van der Waals surface area contributed by atoms with Gasteiger partial charge in [0.15, 0.2) is 0 Å². The Morgan fingerprint density at radius 2 is 1.66 bits per heavy atom. The molecular formula is C29H59N3. The van der Waals surface area contributed by atoms with E-state index in [4.69, 9.17) is 11.3 Å². The summed E-state index contributed by atoms with van der Waals surface area (Å²) >= 11 is 0. The smallest absolute Gasteiger partial charge is 0.0126 e. The van der Waals surface area contributed by atoms with Crippen molar-refractivity contribution < 1.29 is 0 Å². The molecule has 4 aliphatic carbocycles. The van der Waals surface area contributed by atoms with Gasteiger partial charge < -0.3 is 5.41 Å². The highest BCUT2D eigenvalue weighted by Gasteiger charge is 2.57. The van der Waals surface area contributed by atoms with Crippen LogP contribution in [0.2, 0.25) is 0 Å². The van der Waals surface area contributed by atoms with Gasteiger partial charge in [-0.25, -0.2) is 0 Å². The van der Waals surface area contributed by atoms with Gasteiger partial charge in [-0.05, 0) is 118 Å². The third-order valence-corrected chi connectivity index (χ3v) is 9.96. The van der Waals surface area contributed by atoms with Crippen molar-refractivity contribution >= 4 is 5.71 Å². The molecule has 4 fully saturated rings. The van der Waals surface area contributed by atoms with Crippen molar-refractivity contribution in [2.24, 2.45) is 58.6 Å². The highest BCUT2D eigenvalue weighted by molar-refractivity contribution is 5.75. The lowest BCUT2D eigenvalue weighted by atomic mass is 9.48. The Morgan fingerprint density at radius 3 is 2.28 bits per heavy atom. The quantitative estimate of drug-likeness (QED) is 0.225. The van der Waals surface area contributed by atoms with Crippen LogP contribution in [0.3, 0.4) is 0 Å². The molecule has 0 spiro atoms. The van der Waals surface area contributed by atoms with E-state index in [1.807, 2.05) is 0 Å². The van der Waals surface area contributed by atoms with Gasteiger partial charge in [0, 0.05) is 12.3 Å². The van der Waals surface area contributed by atoms with E-state index in [1.165, 1.54) is 38.5 Å². The van der Waals surface area contributed by atoms with Gasteiger partial charge in [0.2, 0.25) is 0 Å². The molecule has 4 saturated carbocycles. The van der Waals surface area contributed by atoms with Crippen molar-refractivity contribution in [1.82, 2.24) is 5.43 Å². The Hall–Kier alpha value is -0.410. The molecule has 4 N–H and O–H groups in total. The monoisotopic (exact) mass is 449 g/mol. The summed E-state index contributed by atoms with van der Waals surface area (Å²) in [5, 5.41) is 6.50. The fraction of sp³-hybridized carbons (Fsp3) is 0.966. The van der Waals surface area contributed by atoms with Crippen LogP contribution in [0.1, 0.15) is 120 Å². The first-order valence-electron chi connectivity index (χ1n) is 13.3. The van der Waals surface area contributed by atoms with E-state index < -0.39 is 0 Å². The third kappa shape index (κ3) is 6.17. The van der Waals surface area contributed by atoms with Crippen LogP contribution in [0.25, 0.3) is 0 Å². The number of fused-ring (bicyclic) bond motifs is 5. The minimum atomic E-state index is 0. The second-order valence-electron chi connectivity index (χ2n) is 12.0. The van der Waals surface area contributed by atoms with Gasteiger partial charge in [0.1, 0.15) is 0 Å². The summed E-state index contributed by atoms with van der Waals surface area (Å²) in [4.78, 5) is 0. The fourth-order valence-corrected chi connectivity index (χ4v) is 8.92. The van der Waals surface area contributed by atoms with E-state index in [9.17, 15) is 0 Å². The normalized spacial score (nSPS) is 40.8. The van der Waals surface area contributed by atoms with E-state index in [1.54, 1.807) is 46.0 Å². The van der Waals surface area contributed by atoms with Gasteiger partial charge in [-0.2, -0.15) is 0 Å². The van der Waals surface area contributed by atoms with E-state index in [2.05, 4.69) is 26.2 Å². The summed E-state index contributed by atoms with van der Waals surface area (Å²) in [5.74, 6) is 13.7. The Balaban J connectivity index is 0.000000790. The van der Waals surface area contributed by atoms with E-state index >= 15 is 0 Å². The summed E-state index contributed by atoms with van der Waals surface area (Å²) in [6.07, 6.45) is 16.7. The molecule has 0 radical (unpaired) electrons. The number of nitrogens with two attached hydrogens (primary N) is 1. The molecular weight excluding hydrogens is 390 g/mol. The van der Waals surface area contributed by atoms with Crippen LogP contribution in [0.5, 0.6) is 0 Å². The maximum absolute atomic E-state index is 6.50. The molecule has 0 aromatic rings. The molecule has 4 aliphatic rings. The molecule has 0 aromatic carbocycles. The van der Waals surface area contributed by atoms with E-state index in [0.717, 1.165) is 53.9 Å². The van der Waals surface area contributed by atoms with Gasteiger partial charge in [0.05, 0.1) is 0 Å². The van der Waals surface area contributed by atoms with Crippen molar-refractivity contribution in [2.75, 3.05) is 6.54 Å². The largest absolute Gasteiger partial charge is 0.310 e. The molecule has 9 unspecified atom stereocenters. The summed E-state index contributed by atoms with van der Waals surface area (Å²) in [6.45, 7) is 12.0. The SMILES string of the molecule is C.C.CC(C)=N.CCCC1CCC2C(CCC3C2CCC2(C)C(C(C)CNN)CCC32)C1. The van der Waals surface area contributed by atoms with Crippen LogP contribution in [0.15, 0.2) is 0 Å². The molecule has 0 aliphatic heterocycles. The number of rotatable bonds is 5. The zero-order valence-corrected chi connectivity index (χ0v) is 20.7. The Labute approximate surface area is 201 Å². The van der Waals surface area contributed by atoms with E-state index in [0.29, 0.717) is 11.1 Å². The lowest BCUT2D eigenvalue weighted by Gasteiger charge is -2.57. The molecule has 0 bridgehead atoms. The minimum Gasteiger partial charge on any atom is -0.310 e. The van der Waals surface area contributed by atoms with E-state index in [-0.39, 0.29) is 14.9 Å². The molecule has 0 heterocycles.